The highest BCUT2D eigenvalue weighted by Gasteiger charge is 2.46. The normalized spacial score (nSPS) is 21.3. The molecule has 0 heteroatoms. The number of benzene rings is 9. The minimum atomic E-state index is 0.185. The lowest BCUT2D eigenvalue weighted by Gasteiger charge is -2.38. The van der Waals surface area contributed by atoms with Crippen molar-refractivity contribution in [2.75, 3.05) is 0 Å². The summed E-state index contributed by atoms with van der Waals surface area (Å²) in [6.45, 7) is 0. The minimum absolute atomic E-state index is 0.185. The maximum absolute atomic E-state index is 2.70. The van der Waals surface area contributed by atoms with E-state index in [2.05, 4.69) is 255 Å². The van der Waals surface area contributed by atoms with E-state index in [-0.39, 0.29) is 11.8 Å². The molecule has 0 spiro atoms. The zero-order valence-electron chi connectivity index (χ0n) is 45.8. The Morgan fingerprint density at radius 2 is 1.07 bits per heavy atom. The van der Waals surface area contributed by atoms with Gasteiger partial charge in [-0.3, -0.25) is 0 Å². The van der Waals surface area contributed by atoms with Gasteiger partial charge in [0, 0.05) is 23.7 Å². The maximum atomic E-state index is 2.70. The van der Waals surface area contributed by atoms with E-state index in [1.54, 1.807) is 0 Å². The molecule has 0 bridgehead atoms. The Hall–Kier alpha value is -9.36. The smallest absolute Gasteiger partial charge is 0.0206 e. The maximum Gasteiger partial charge on any atom is 0.0206 e. The molecule has 0 N–H and O–H groups in total. The van der Waals surface area contributed by atoms with Crippen LogP contribution in [0.25, 0.3) is 110 Å². The van der Waals surface area contributed by atoms with Gasteiger partial charge >= 0.3 is 0 Å². The molecule has 0 saturated heterocycles. The Balaban J connectivity index is 0.883. The second kappa shape index (κ2) is 18.1. The molecule has 0 saturated carbocycles. The summed E-state index contributed by atoms with van der Waals surface area (Å²) in [7, 11) is 0. The molecule has 0 aromatic heterocycles. The van der Waals surface area contributed by atoms with Gasteiger partial charge in [0.15, 0.2) is 0 Å². The fourth-order valence-electron chi connectivity index (χ4n) is 16.7. The Labute approximate surface area is 479 Å². The van der Waals surface area contributed by atoms with Crippen molar-refractivity contribution in [2.45, 2.75) is 38.5 Å². The first-order valence-electron chi connectivity index (χ1n) is 30.1. The van der Waals surface area contributed by atoms with Crippen molar-refractivity contribution in [3.8, 4) is 44.5 Å². The first-order valence-corrected chi connectivity index (χ1v) is 30.1. The van der Waals surface area contributed by atoms with Crippen molar-refractivity contribution in [3.63, 3.8) is 0 Å². The minimum Gasteiger partial charge on any atom is -0.0842 e. The zero-order chi connectivity index (χ0) is 53.6. The standard InChI is InChI=1S/C82H58/c1-3-20-52(21-4-1)74-63-30-11-13-32-65(63)75(66-33-14-12-31-64(66)74)57-44-43-55-46-72-79-67(70(55)47-57)36-18-38-69(79)81-76(53-22-5-2-6-23-53)73-48-71-61-29-10-9-28-60(61)62-35-17-37-68(78(62)71)80(73)77(82(72)81)56-26-15-25-54(45-56)49-39-41-51(42-40-49)59-34-16-24-50-19-7-8-27-58(50)59/h1-3,5-9,11-20,22-28,30-42,45-48,63,65,67,79H,4,10,21,29,43-44H2. The van der Waals surface area contributed by atoms with Crippen LogP contribution in [0.2, 0.25) is 0 Å². The lowest BCUT2D eigenvalue weighted by molar-refractivity contribution is 0.648. The number of fused-ring (bicyclic) bond motifs is 11. The summed E-state index contributed by atoms with van der Waals surface area (Å²) >= 11 is 0. The molecule has 0 radical (unpaired) electrons. The van der Waals surface area contributed by atoms with Gasteiger partial charge < -0.3 is 0 Å². The first kappa shape index (κ1) is 46.4. The van der Waals surface area contributed by atoms with E-state index in [4.69, 9.17) is 0 Å². The summed E-state index contributed by atoms with van der Waals surface area (Å²) in [6, 6.07) is 64.9. The van der Waals surface area contributed by atoms with Crippen molar-refractivity contribution < 1.29 is 0 Å². The molecule has 0 fully saturated rings. The Bertz CT molecular complexity index is 4880. The second-order valence-electron chi connectivity index (χ2n) is 24.1. The molecule has 4 unspecified atom stereocenters. The second-order valence-corrected chi connectivity index (χ2v) is 24.1. The molecular formula is C82H58. The van der Waals surface area contributed by atoms with Crippen LogP contribution in [0.5, 0.6) is 0 Å². The van der Waals surface area contributed by atoms with Crippen molar-refractivity contribution in [3.05, 3.63) is 310 Å². The fourth-order valence-corrected chi connectivity index (χ4v) is 16.7. The van der Waals surface area contributed by atoms with Crippen LogP contribution >= 0.6 is 0 Å². The third kappa shape index (κ3) is 6.73. The first-order chi connectivity index (χ1) is 40.7. The summed E-state index contributed by atoms with van der Waals surface area (Å²) in [5, 5.41) is 10.9. The van der Waals surface area contributed by atoms with E-state index in [9.17, 15) is 0 Å². The lowest BCUT2D eigenvalue weighted by atomic mass is 9.65. The molecule has 18 rings (SSSR count). The van der Waals surface area contributed by atoms with Crippen LogP contribution in [0.15, 0.2) is 277 Å². The van der Waals surface area contributed by atoms with Crippen LogP contribution in [-0.4, -0.2) is 0 Å². The Morgan fingerprint density at radius 3 is 1.93 bits per heavy atom. The van der Waals surface area contributed by atoms with Crippen molar-refractivity contribution >= 4 is 65.8 Å². The molecule has 386 valence electrons. The van der Waals surface area contributed by atoms with Gasteiger partial charge in [-0.1, -0.05) is 243 Å². The molecular weight excluding hydrogens is 985 g/mol. The lowest BCUT2D eigenvalue weighted by Crippen LogP contribution is -2.41. The zero-order valence-corrected chi connectivity index (χ0v) is 45.8. The Morgan fingerprint density at radius 1 is 0.378 bits per heavy atom. The van der Waals surface area contributed by atoms with Gasteiger partial charge in [-0.25, -0.2) is 0 Å². The van der Waals surface area contributed by atoms with E-state index in [1.807, 2.05) is 0 Å². The van der Waals surface area contributed by atoms with E-state index >= 15 is 0 Å². The molecule has 0 amide bonds. The third-order valence-corrected chi connectivity index (χ3v) is 20.0. The van der Waals surface area contributed by atoms with Crippen molar-refractivity contribution in [1.29, 1.82) is 0 Å². The highest BCUT2D eigenvalue weighted by molar-refractivity contribution is 6.30. The average molecular weight is 1040 g/mol. The van der Waals surface area contributed by atoms with Crippen LogP contribution in [-0.2, 0) is 0 Å². The van der Waals surface area contributed by atoms with E-state index in [0.29, 0.717) is 11.8 Å². The molecule has 4 atom stereocenters. The van der Waals surface area contributed by atoms with Gasteiger partial charge in [0.2, 0.25) is 0 Å². The summed E-state index contributed by atoms with van der Waals surface area (Å²) in [5.74, 6) is 1.01. The van der Waals surface area contributed by atoms with Crippen LogP contribution in [0.4, 0.5) is 0 Å². The van der Waals surface area contributed by atoms with Gasteiger partial charge in [0.1, 0.15) is 0 Å². The summed E-state index contributed by atoms with van der Waals surface area (Å²) in [4.78, 5) is 0. The molecule has 9 aliphatic rings. The third-order valence-electron chi connectivity index (χ3n) is 20.0. The number of allylic oxidation sites excluding steroid dienone is 22. The van der Waals surface area contributed by atoms with Crippen molar-refractivity contribution in [2.24, 2.45) is 23.7 Å². The fraction of sp³-hybridized carbons (Fsp3) is 0.122. The van der Waals surface area contributed by atoms with Gasteiger partial charge in [-0.05, 0) is 216 Å². The SMILES string of the molecule is C1=CCCC(C2=c3ccccc3=C(C3=CC4=C(C=C5c6c(c(-c7ccccc7)c7cc8c9c(cccc9c7c6-c6cccc(-c7ccc(-c9cccc%10ccccc9%10)cc7)c6)C6=C8CCC=C6)C6=CC=CC4C65)CC3)C3C=CC=CC23)=C1. The predicted molar refractivity (Wildman–Crippen MR) is 347 cm³/mol. The molecule has 9 aromatic rings. The number of rotatable bonds is 6. The van der Waals surface area contributed by atoms with Crippen LogP contribution in [0, 0.1) is 23.7 Å². The van der Waals surface area contributed by atoms with Gasteiger partial charge in [-0.2, -0.15) is 0 Å². The van der Waals surface area contributed by atoms with Gasteiger partial charge in [0.25, 0.3) is 0 Å². The molecule has 82 heavy (non-hydrogen) atoms. The molecule has 0 nitrogen and oxygen atoms in total. The van der Waals surface area contributed by atoms with Gasteiger partial charge in [0.05, 0.1) is 0 Å². The molecule has 0 heterocycles. The van der Waals surface area contributed by atoms with Crippen LogP contribution in [0.1, 0.15) is 60.8 Å². The average Bonchev–Trinajstić information content (AvgIpc) is 1.63. The number of hydrogen-bond acceptors (Lipinski definition) is 0. The van der Waals surface area contributed by atoms with Crippen LogP contribution in [0.3, 0.4) is 0 Å². The summed E-state index contributed by atoms with van der Waals surface area (Å²) < 4.78 is 0. The van der Waals surface area contributed by atoms with E-state index in [0.717, 1.165) is 38.5 Å². The summed E-state index contributed by atoms with van der Waals surface area (Å²) in [6.07, 6.45) is 40.7. The van der Waals surface area contributed by atoms with E-state index < -0.39 is 0 Å². The topological polar surface area (TPSA) is 0 Å². The van der Waals surface area contributed by atoms with Crippen molar-refractivity contribution in [1.82, 2.24) is 0 Å². The highest BCUT2D eigenvalue weighted by atomic mass is 14.5. The summed E-state index contributed by atoms with van der Waals surface area (Å²) in [5.41, 5.74) is 30.8. The van der Waals surface area contributed by atoms with Crippen LogP contribution < -0.4 is 10.4 Å². The molecule has 9 aliphatic carbocycles. The Kier molecular flexibility index (Phi) is 10.2. The van der Waals surface area contributed by atoms with E-state index in [1.165, 1.54) is 165 Å². The largest absolute Gasteiger partial charge is 0.0842 e. The van der Waals surface area contributed by atoms with Gasteiger partial charge in [-0.15, -0.1) is 0 Å². The molecule has 0 aliphatic heterocycles. The monoisotopic (exact) mass is 1040 g/mol. The highest BCUT2D eigenvalue weighted by Crippen LogP contribution is 2.64. The quantitative estimate of drug-likeness (QED) is 0.146. The predicted octanol–water partition coefficient (Wildman–Crippen LogP) is 19.7. The molecule has 9 aromatic carbocycles. The number of hydrogen-bond donors (Lipinski definition) is 0.